The van der Waals surface area contributed by atoms with Crippen molar-refractivity contribution in [2.24, 2.45) is 5.92 Å². The molecule has 2 unspecified atom stereocenters. The molecular weight excluding hydrogens is 186 g/mol. The molecule has 1 saturated heterocycles. The summed E-state index contributed by atoms with van der Waals surface area (Å²) >= 11 is 0. The second kappa shape index (κ2) is 6.46. The van der Waals surface area contributed by atoms with Crippen molar-refractivity contribution in [1.29, 1.82) is 0 Å². The number of rotatable bonds is 5. The van der Waals surface area contributed by atoms with E-state index in [9.17, 15) is 0 Å². The second-order valence-corrected chi connectivity index (χ2v) is 5.00. The van der Waals surface area contributed by atoms with Gasteiger partial charge in [0.15, 0.2) is 0 Å². The van der Waals surface area contributed by atoms with Crippen molar-refractivity contribution < 1.29 is 0 Å². The zero-order valence-corrected chi connectivity index (χ0v) is 10.8. The zero-order valence-electron chi connectivity index (χ0n) is 10.8. The van der Waals surface area contributed by atoms with Crippen LogP contribution >= 0.6 is 0 Å². The van der Waals surface area contributed by atoms with Gasteiger partial charge in [0.25, 0.3) is 0 Å². The van der Waals surface area contributed by atoms with E-state index in [0.717, 1.165) is 19.0 Å². The lowest BCUT2D eigenvalue weighted by Crippen LogP contribution is -2.51. The number of nitrogens with one attached hydrogen (secondary N) is 1. The second-order valence-electron chi connectivity index (χ2n) is 5.00. The van der Waals surface area contributed by atoms with Gasteiger partial charge >= 0.3 is 0 Å². The van der Waals surface area contributed by atoms with Gasteiger partial charge in [-0.05, 0) is 33.0 Å². The first kappa shape index (κ1) is 12.9. The van der Waals surface area contributed by atoms with Gasteiger partial charge in [-0.3, -0.25) is 0 Å². The monoisotopic (exact) mass is 213 g/mol. The minimum atomic E-state index is 0.713. The van der Waals surface area contributed by atoms with E-state index in [2.05, 4.69) is 42.9 Å². The van der Waals surface area contributed by atoms with Crippen LogP contribution in [0.2, 0.25) is 0 Å². The molecule has 3 heteroatoms. The normalized spacial score (nSPS) is 26.8. The smallest absolute Gasteiger partial charge is 0.0192 e. The summed E-state index contributed by atoms with van der Waals surface area (Å²) in [7, 11) is 2.23. The number of hydrogen-bond acceptors (Lipinski definition) is 3. The quantitative estimate of drug-likeness (QED) is 0.731. The molecule has 1 N–H and O–H groups in total. The van der Waals surface area contributed by atoms with E-state index in [-0.39, 0.29) is 0 Å². The van der Waals surface area contributed by atoms with Crippen LogP contribution in [0, 0.1) is 5.92 Å². The summed E-state index contributed by atoms with van der Waals surface area (Å²) in [5.74, 6) is 0.764. The molecule has 1 fully saturated rings. The van der Waals surface area contributed by atoms with E-state index >= 15 is 0 Å². The molecule has 3 nitrogen and oxygen atoms in total. The van der Waals surface area contributed by atoms with Crippen LogP contribution in [0.4, 0.5) is 0 Å². The Hall–Kier alpha value is -0.120. The van der Waals surface area contributed by atoms with E-state index in [4.69, 9.17) is 0 Å². The summed E-state index contributed by atoms with van der Waals surface area (Å²) in [4.78, 5) is 5.05. The summed E-state index contributed by atoms with van der Waals surface area (Å²) in [5.41, 5.74) is 0. The molecule has 0 spiro atoms. The van der Waals surface area contributed by atoms with E-state index in [1.165, 1.54) is 26.2 Å². The van der Waals surface area contributed by atoms with Crippen molar-refractivity contribution >= 4 is 0 Å². The minimum absolute atomic E-state index is 0.713. The molecular formula is C12H27N3. The Morgan fingerprint density at radius 1 is 1.40 bits per heavy atom. The highest BCUT2D eigenvalue weighted by molar-refractivity contribution is 4.77. The van der Waals surface area contributed by atoms with Gasteiger partial charge in [0.1, 0.15) is 0 Å². The molecule has 90 valence electrons. The predicted octanol–water partition coefficient (Wildman–Crippen LogP) is 0.868. The van der Waals surface area contributed by atoms with E-state index in [1.807, 2.05) is 0 Å². The minimum Gasteiger partial charge on any atom is -0.317 e. The molecule has 15 heavy (non-hydrogen) atoms. The average molecular weight is 213 g/mol. The first-order chi connectivity index (χ1) is 7.13. The van der Waals surface area contributed by atoms with Gasteiger partial charge in [0.2, 0.25) is 0 Å². The lowest BCUT2D eigenvalue weighted by molar-refractivity contribution is 0.0942. The molecule has 0 aromatic rings. The fourth-order valence-electron chi connectivity index (χ4n) is 2.19. The molecule has 0 saturated carbocycles. The summed E-state index contributed by atoms with van der Waals surface area (Å²) < 4.78 is 0. The Labute approximate surface area is 94.8 Å². The van der Waals surface area contributed by atoms with E-state index < -0.39 is 0 Å². The van der Waals surface area contributed by atoms with Gasteiger partial charge < -0.3 is 15.1 Å². The van der Waals surface area contributed by atoms with Crippen molar-refractivity contribution in [3.05, 3.63) is 0 Å². The van der Waals surface area contributed by atoms with Gasteiger partial charge in [-0.1, -0.05) is 13.8 Å². The molecule has 0 radical (unpaired) electrons. The van der Waals surface area contributed by atoms with E-state index in [0.29, 0.717) is 6.04 Å². The number of hydrogen-bond donors (Lipinski definition) is 1. The molecule has 0 aromatic heterocycles. The van der Waals surface area contributed by atoms with Gasteiger partial charge in [-0.15, -0.1) is 0 Å². The molecule has 0 aliphatic carbocycles. The van der Waals surface area contributed by atoms with E-state index in [1.54, 1.807) is 0 Å². The Morgan fingerprint density at radius 3 is 2.73 bits per heavy atom. The van der Waals surface area contributed by atoms with Gasteiger partial charge in [-0.25, -0.2) is 0 Å². The Morgan fingerprint density at radius 2 is 2.13 bits per heavy atom. The topological polar surface area (TPSA) is 18.5 Å². The predicted molar refractivity (Wildman–Crippen MR) is 66.2 cm³/mol. The standard InChI is InChI=1S/C12H27N3/c1-5-13-8-11(2)9-15-7-6-14(4)12(3)10-15/h11-13H,5-10H2,1-4H3. The first-order valence-electron chi connectivity index (χ1n) is 6.26. The molecule has 2 atom stereocenters. The van der Waals surface area contributed by atoms with Gasteiger partial charge in [0, 0.05) is 32.2 Å². The van der Waals surface area contributed by atoms with Crippen molar-refractivity contribution in [2.75, 3.05) is 46.3 Å². The highest BCUT2D eigenvalue weighted by Crippen LogP contribution is 2.08. The van der Waals surface area contributed by atoms with Crippen LogP contribution in [-0.2, 0) is 0 Å². The lowest BCUT2D eigenvalue weighted by atomic mass is 10.1. The Kier molecular flexibility index (Phi) is 5.58. The fourth-order valence-corrected chi connectivity index (χ4v) is 2.19. The number of piperazine rings is 1. The van der Waals surface area contributed by atoms with Crippen LogP contribution in [0.25, 0.3) is 0 Å². The van der Waals surface area contributed by atoms with Crippen LogP contribution in [0.3, 0.4) is 0 Å². The van der Waals surface area contributed by atoms with Crippen molar-refractivity contribution in [1.82, 2.24) is 15.1 Å². The lowest BCUT2D eigenvalue weighted by Gasteiger charge is -2.38. The largest absolute Gasteiger partial charge is 0.317 e. The third-order valence-electron chi connectivity index (χ3n) is 3.36. The van der Waals surface area contributed by atoms with Gasteiger partial charge in [-0.2, -0.15) is 0 Å². The van der Waals surface area contributed by atoms with Crippen molar-refractivity contribution in [3.63, 3.8) is 0 Å². The summed E-state index contributed by atoms with van der Waals surface area (Å²) in [6.07, 6.45) is 0. The first-order valence-corrected chi connectivity index (χ1v) is 6.26. The molecule has 1 heterocycles. The average Bonchev–Trinajstić information content (AvgIpc) is 2.20. The highest BCUT2D eigenvalue weighted by atomic mass is 15.3. The summed E-state index contributed by atoms with van der Waals surface area (Å²) in [6, 6.07) is 0.713. The fraction of sp³-hybridized carbons (Fsp3) is 1.00. The maximum atomic E-state index is 3.42. The Bertz CT molecular complexity index is 172. The maximum absolute atomic E-state index is 3.42. The van der Waals surface area contributed by atoms with Crippen LogP contribution in [-0.4, -0.2) is 62.2 Å². The molecule has 0 bridgehead atoms. The molecule has 0 amide bonds. The van der Waals surface area contributed by atoms with Crippen molar-refractivity contribution in [2.45, 2.75) is 26.8 Å². The van der Waals surface area contributed by atoms with Crippen LogP contribution in [0.15, 0.2) is 0 Å². The zero-order chi connectivity index (χ0) is 11.3. The Balaban J connectivity index is 2.21. The van der Waals surface area contributed by atoms with Gasteiger partial charge in [0.05, 0.1) is 0 Å². The molecule has 1 aliphatic rings. The summed E-state index contributed by atoms with van der Waals surface area (Å²) in [5, 5.41) is 3.42. The van der Waals surface area contributed by atoms with Crippen LogP contribution in [0.5, 0.6) is 0 Å². The van der Waals surface area contributed by atoms with Crippen molar-refractivity contribution in [3.8, 4) is 0 Å². The molecule has 0 aromatic carbocycles. The highest BCUT2D eigenvalue weighted by Gasteiger charge is 2.21. The maximum Gasteiger partial charge on any atom is 0.0192 e. The van der Waals surface area contributed by atoms with Crippen LogP contribution in [0.1, 0.15) is 20.8 Å². The third-order valence-corrected chi connectivity index (χ3v) is 3.36. The number of nitrogens with zero attached hydrogens (tertiary/aromatic N) is 2. The molecule has 1 rings (SSSR count). The number of likely N-dealkylation sites (N-methyl/N-ethyl adjacent to an activating group) is 1. The summed E-state index contributed by atoms with van der Waals surface area (Å²) in [6.45, 7) is 14.0. The molecule has 1 aliphatic heterocycles. The van der Waals surface area contributed by atoms with Crippen LogP contribution < -0.4 is 5.32 Å². The third kappa shape index (κ3) is 4.49. The SMILES string of the molecule is CCNCC(C)CN1CCN(C)C(C)C1.